The first-order valence-corrected chi connectivity index (χ1v) is 5.54. The minimum atomic E-state index is -0.0901. The summed E-state index contributed by atoms with van der Waals surface area (Å²) in [6.45, 7) is 1.70. The van der Waals surface area contributed by atoms with Crippen LogP contribution in [0.3, 0.4) is 0 Å². The van der Waals surface area contributed by atoms with Crippen molar-refractivity contribution in [1.29, 1.82) is 0 Å². The molecule has 0 bridgehead atoms. The molecule has 0 spiro atoms. The summed E-state index contributed by atoms with van der Waals surface area (Å²) in [6, 6.07) is 3.69. The van der Waals surface area contributed by atoms with Gasteiger partial charge in [0.1, 0.15) is 17.0 Å². The van der Waals surface area contributed by atoms with Crippen molar-refractivity contribution >= 4 is 27.0 Å². The van der Waals surface area contributed by atoms with E-state index in [1.54, 1.807) is 25.6 Å². The van der Waals surface area contributed by atoms with Gasteiger partial charge in [-0.3, -0.25) is 4.79 Å². The average molecular weight is 283 g/mol. The number of halogens is 1. The summed E-state index contributed by atoms with van der Waals surface area (Å²) in [5.41, 5.74) is 1.83. The van der Waals surface area contributed by atoms with Crippen molar-refractivity contribution in [2.45, 2.75) is 6.92 Å². The molecule has 1 aromatic carbocycles. The summed E-state index contributed by atoms with van der Waals surface area (Å²) in [5.74, 6) is 0.656. The minimum Gasteiger partial charge on any atom is -0.494 e. The van der Waals surface area contributed by atoms with Crippen LogP contribution in [0.1, 0.15) is 5.69 Å². The van der Waals surface area contributed by atoms with E-state index in [1.165, 1.54) is 0 Å². The number of rotatable bonds is 1. The van der Waals surface area contributed by atoms with Gasteiger partial charge in [0.25, 0.3) is 5.56 Å². The number of aryl methyl sites for hydroxylation is 2. The van der Waals surface area contributed by atoms with E-state index in [4.69, 9.17) is 4.74 Å². The van der Waals surface area contributed by atoms with Crippen LogP contribution in [0.15, 0.2) is 21.4 Å². The second kappa shape index (κ2) is 3.90. The van der Waals surface area contributed by atoms with Crippen LogP contribution >= 0.6 is 15.9 Å². The Balaban J connectivity index is 3.00. The van der Waals surface area contributed by atoms with E-state index in [0.29, 0.717) is 17.0 Å². The molecular weight excluding hydrogens is 272 g/mol. The summed E-state index contributed by atoms with van der Waals surface area (Å²) < 4.78 is 7.68. The molecule has 16 heavy (non-hydrogen) atoms. The zero-order chi connectivity index (χ0) is 11.9. The van der Waals surface area contributed by atoms with Crippen LogP contribution in [-0.2, 0) is 7.05 Å². The van der Waals surface area contributed by atoms with Crippen LogP contribution in [0.5, 0.6) is 5.75 Å². The number of hydrogen-bond acceptors (Lipinski definition) is 3. The summed E-state index contributed by atoms with van der Waals surface area (Å²) in [4.78, 5) is 16.0. The van der Waals surface area contributed by atoms with Gasteiger partial charge in [0, 0.05) is 11.5 Å². The Hall–Kier alpha value is -1.36. The minimum absolute atomic E-state index is 0.0901. The lowest BCUT2D eigenvalue weighted by Crippen LogP contribution is -2.21. The van der Waals surface area contributed by atoms with Crippen LogP contribution < -0.4 is 10.3 Å². The predicted octanol–water partition coefficient (Wildman–Crippen LogP) is 2.01. The fourth-order valence-electron chi connectivity index (χ4n) is 1.65. The van der Waals surface area contributed by atoms with Crippen molar-refractivity contribution < 1.29 is 4.74 Å². The van der Waals surface area contributed by atoms with Gasteiger partial charge in [-0.25, -0.2) is 4.98 Å². The maximum absolute atomic E-state index is 11.7. The molecule has 0 aliphatic heterocycles. The lowest BCUT2D eigenvalue weighted by molar-refractivity contribution is 0.418. The fourth-order valence-corrected chi connectivity index (χ4v) is 2.08. The molecule has 0 aliphatic rings. The van der Waals surface area contributed by atoms with Gasteiger partial charge >= 0.3 is 0 Å². The monoisotopic (exact) mass is 282 g/mol. The van der Waals surface area contributed by atoms with E-state index in [-0.39, 0.29) is 5.56 Å². The third-order valence-electron chi connectivity index (χ3n) is 2.49. The first-order chi connectivity index (χ1) is 7.54. The number of nitrogens with zero attached hydrogens (tertiary/aromatic N) is 2. The number of ether oxygens (including phenoxy) is 1. The second-order valence-electron chi connectivity index (χ2n) is 3.54. The molecular formula is C11H11BrN2O2. The van der Waals surface area contributed by atoms with Crippen molar-refractivity contribution in [3.8, 4) is 5.75 Å². The largest absolute Gasteiger partial charge is 0.494 e. The quantitative estimate of drug-likeness (QED) is 0.804. The summed E-state index contributed by atoms with van der Waals surface area (Å²) in [6.07, 6.45) is 0. The first-order valence-electron chi connectivity index (χ1n) is 4.75. The molecule has 0 unspecified atom stereocenters. The highest BCUT2D eigenvalue weighted by molar-refractivity contribution is 9.10. The molecule has 1 heterocycles. The number of benzene rings is 1. The Labute approximate surface area is 101 Å². The van der Waals surface area contributed by atoms with Crippen LogP contribution in [0, 0.1) is 6.92 Å². The van der Waals surface area contributed by atoms with E-state index in [9.17, 15) is 4.79 Å². The van der Waals surface area contributed by atoms with Gasteiger partial charge in [-0.2, -0.15) is 0 Å². The Morgan fingerprint density at radius 3 is 2.75 bits per heavy atom. The maximum atomic E-state index is 11.7. The van der Waals surface area contributed by atoms with E-state index in [2.05, 4.69) is 20.9 Å². The van der Waals surface area contributed by atoms with Crippen molar-refractivity contribution in [3.63, 3.8) is 0 Å². The van der Waals surface area contributed by atoms with E-state index in [0.717, 1.165) is 9.99 Å². The Kier molecular flexibility index (Phi) is 2.71. The molecule has 0 fully saturated rings. The standard InChI is InChI=1S/C11H11BrN2O2/c1-6-11(15)14(2)8-4-7(12)5-9(16-3)10(8)13-6/h4-5H,1-3H3. The molecule has 0 N–H and O–H groups in total. The molecule has 0 amide bonds. The van der Waals surface area contributed by atoms with E-state index in [1.807, 2.05) is 12.1 Å². The third kappa shape index (κ3) is 1.61. The lowest BCUT2D eigenvalue weighted by atomic mass is 10.2. The molecule has 2 rings (SSSR count). The molecule has 1 aromatic heterocycles. The van der Waals surface area contributed by atoms with Gasteiger partial charge in [-0.05, 0) is 19.1 Å². The van der Waals surface area contributed by atoms with Gasteiger partial charge in [0.15, 0.2) is 0 Å². The highest BCUT2D eigenvalue weighted by Gasteiger charge is 2.10. The molecule has 4 nitrogen and oxygen atoms in total. The topological polar surface area (TPSA) is 44.1 Å². The molecule has 5 heteroatoms. The summed E-state index contributed by atoms with van der Waals surface area (Å²) >= 11 is 3.38. The van der Waals surface area contributed by atoms with Crippen LogP contribution in [0.4, 0.5) is 0 Å². The fraction of sp³-hybridized carbons (Fsp3) is 0.273. The lowest BCUT2D eigenvalue weighted by Gasteiger charge is -2.09. The summed E-state index contributed by atoms with van der Waals surface area (Å²) in [7, 11) is 3.31. The zero-order valence-corrected chi connectivity index (χ0v) is 10.8. The van der Waals surface area contributed by atoms with Crippen molar-refractivity contribution in [2.24, 2.45) is 7.05 Å². The highest BCUT2D eigenvalue weighted by atomic mass is 79.9. The predicted molar refractivity (Wildman–Crippen MR) is 66.0 cm³/mol. The molecule has 84 valence electrons. The van der Waals surface area contributed by atoms with Crippen molar-refractivity contribution in [1.82, 2.24) is 9.55 Å². The van der Waals surface area contributed by atoms with Gasteiger partial charge in [-0.15, -0.1) is 0 Å². The Bertz CT molecular complexity index is 619. The first kappa shape index (κ1) is 11.1. The van der Waals surface area contributed by atoms with Gasteiger partial charge in [0.05, 0.1) is 12.6 Å². The average Bonchev–Trinajstić information content (AvgIpc) is 2.26. The molecule has 0 radical (unpaired) electrons. The number of hydrogen-bond donors (Lipinski definition) is 0. The molecule has 0 saturated heterocycles. The van der Waals surface area contributed by atoms with Gasteiger partial charge in [0.2, 0.25) is 0 Å². The van der Waals surface area contributed by atoms with E-state index >= 15 is 0 Å². The number of aromatic nitrogens is 2. The SMILES string of the molecule is COc1cc(Br)cc2c1nc(C)c(=O)n2C. The maximum Gasteiger partial charge on any atom is 0.272 e. The van der Waals surface area contributed by atoms with Crippen molar-refractivity contribution in [2.75, 3.05) is 7.11 Å². The smallest absolute Gasteiger partial charge is 0.272 e. The number of fused-ring (bicyclic) bond motifs is 1. The van der Waals surface area contributed by atoms with Crippen LogP contribution in [0.25, 0.3) is 11.0 Å². The van der Waals surface area contributed by atoms with Gasteiger partial charge < -0.3 is 9.30 Å². The molecule has 0 aliphatic carbocycles. The van der Waals surface area contributed by atoms with Crippen LogP contribution in [0.2, 0.25) is 0 Å². The summed E-state index contributed by atoms with van der Waals surface area (Å²) in [5, 5.41) is 0. The number of methoxy groups -OCH3 is 1. The Morgan fingerprint density at radius 2 is 2.12 bits per heavy atom. The molecule has 0 atom stereocenters. The van der Waals surface area contributed by atoms with Crippen molar-refractivity contribution in [3.05, 3.63) is 32.7 Å². The molecule has 2 aromatic rings. The van der Waals surface area contributed by atoms with Crippen LogP contribution in [-0.4, -0.2) is 16.7 Å². The third-order valence-corrected chi connectivity index (χ3v) is 2.95. The van der Waals surface area contributed by atoms with E-state index < -0.39 is 0 Å². The van der Waals surface area contributed by atoms with Gasteiger partial charge in [-0.1, -0.05) is 15.9 Å². The Morgan fingerprint density at radius 1 is 1.44 bits per heavy atom. The zero-order valence-electron chi connectivity index (χ0n) is 9.24. The molecule has 0 saturated carbocycles. The highest BCUT2D eigenvalue weighted by Crippen LogP contribution is 2.27. The normalized spacial score (nSPS) is 10.8. The second-order valence-corrected chi connectivity index (χ2v) is 4.45.